The second kappa shape index (κ2) is 9.46. The molecule has 1 aliphatic heterocycles. The lowest BCUT2D eigenvalue weighted by Gasteiger charge is -2.46. The topological polar surface area (TPSA) is 112 Å². The smallest absolute Gasteiger partial charge is 0.373 e. The number of nitrogens with zero attached hydrogens (tertiary/aromatic N) is 1. The maximum atomic E-state index is 13.7. The molecule has 0 bridgehead atoms. The second-order valence-electron chi connectivity index (χ2n) is 9.59. The number of esters is 1. The molecule has 9 heteroatoms. The van der Waals surface area contributed by atoms with Gasteiger partial charge < -0.3 is 14.6 Å². The number of aliphatic hydroxyl groups excluding tert-OH is 1. The van der Waals surface area contributed by atoms with E-state index in [9.17, 15) is 23.1 Å². The number of hydrogen-bond donors (Lipinski definition) is 1. The Morgan fingerprint density at radius 1 is 1.16 bits per heavy atom. The van der Waals surface area contributed by atoms with Crippen LogP contribution in [0.15, 0.2) is 71.5 Å². The minimum absolute atomic E-state index is 0.110. The zero-order valence-electron chi connectivity index (χ0n) is 20.7. The fourth-order valence-corrected chi connectivity index (χ4v) is 6.89. The Balaban J connectivity index is 1.75. The van der Waals surface area contributed by atoms with Crippen molar-refractivity contribution in [3.05, 3.63) is 77.7 Å². The molecule has 3 atom stereocenters. The number of para-hydroxylation sites is 1. The van der Waals surface area contributed by atoms with Crippen LogP contribution in [0.1, 0.15) is 49.7 Å². The Kier molecular flexibility index (Phi) is 6.45. The van der Waals surface area contributed by atoms with Crippen LogP contribution >= 0.6 is 0 Å². The minimum Gasteiger partial charge on any atom is -0.460 e. The number of fused-ring (bicyclic) bond motifs is 1. The summed E-state index contributed by atoms with van der Waals surface area (Å²) in [6.45, 7) is 3.65. The first-order valence-electron chi connectivity index (χ1n) is 12.4. The molecule has 1 saturated carbocycles. The van der Waals surface area contributed by atoms with Gasteiger partial charge in [-0.15, -0.1) is 0 Å². The molecule has 37 heavy (non-hydrogen) atoms. The number of benzene rings is 2. The van der Waals surface area contributed by atoms with E-state index in [2.05, 4.69) is 0 Å². The van der Waals surface area contributed by atoms with Gasteiger partial charge in [0.25, 0.3) is 10.0 Å². The zero-order chi connectivity index (χ0) is 26.4. The molecule has 1 unspecified atom stereocenters. The van der Waals surface area contributed by atoms with Gasteiger partial charge in [-0.2, -0.15) is 0 Å². The number of hydrogen-bond acceptors (Lipinski definition) is 7. The summed E-state index contributed by atoms with van der Waals surface area (Å²) >= 11 is 0. The molecule has 1 spiro atoms. The molecule has 2 aromatic carbocycles. The third-order valence-electron chi connectivity index (χ3n) is 7.41. The lowest BCUT2D eigenvalue weighted by atomic mass is 9.61. The van der Waals surface area contributed by atoms with Gasteiger partial charge in [-0.3, -0.25) is 4.79 Å². The number of Topliss-reactive ketones (excluding diaryl/α,β-unsaturated/α-hetero) is 1. The van der Waals surface area contributed by atoms with E-state index >= 15 is 0 Å². The normalized spacial score (nSPS) is 24.1. The highest BCUT2D eigenvalue weighted by Crippen LogP contribution is 2.53. The monoisotopic (exact) mass is 523 g/mol. The van der Waals surface area contributed by atoms with E-state index in [1.54, 1.807) is 55.5 Å². The zero-order valence-corrected chi connectivity index (χ0v) is 21.5. The number of carbonyl (C=O) groups is 2. The maximum absolute atomic E-state index is 13.7. The van der Waals surface area contributed by atoms with Crippen molar-refractivity contribution in [2.24, 2.45) is 5.41 Å². The molecule has 0 radical (unpaired) electrons. The molecule has 1 aliphatic carbocycles. The van der Waals surface area contributed by atoms with Gasteiger partial charge in [0.05, 0.1) is 17.0 Å². The summed E-state index contributed by atoms with van der Waals surface area (Å²) in [6, 6.07) is 13.6. The number of rotatable bonds is 5. The summed E-state index contributed by atoms with van der Waals surface area (Å²) in [6.07, 6.45) is 3.42. The SMILES string of the molecule is CCOC(=O)C1=C[C@H](c2cn(S(=O)(=O)c3ccc(C)cc3)c3ccccc23)[C@]2(CCCCC2=O)C(O)O1. The fraction of sp³-hybridized carbons (Fsp3) is 0.357. The second-order valence-corrected chi connectivity index (χ2v) is 11.4. The molecule has 1 fully saturated rings. The van der Waals surface area contributed by atoms with Crippen LogP contribution in [0, 0.1) is 12.3 Å². The van der Waals surface area contributed by atoms with Crippen molar-refractivity contribution in [3.63, 3.8) is 0 Å². The van der Waals surface area contributed by atoms with Gasteiger partial charge in [-0.25, -0.2) is 17.2 Å². The van der Waals surface area contributed by atoms with Crippen molar-refractivity contribution in [1.29, 1.82) is 0 Å². The van der Waals surface area contributed by atoms with E-state index in [1.807, 2.05) is 6.92 Å². The van der Waals surface area contributed by atoms with E-state index in [-0.39, 0.29) is 29.5 Å². The maximum Gasteiger partial charge on any atom is 0.373 e. The van der Waals surface area contributed by atoms with Crippen molar-refractivity contribution in [2.75, 3.05) is 6.61 Å². The minimum atomic E-state index is -3.98. The highest BCUT2D eigenvalue weighted by Gasteiger charge is 2.56. The largest absolute Gasteiger partial charge is 0.460 e. The average Bonchev–Trinajstić information content (AvgIpc) is 3.27. The quantitative estimate of drug-likeness (QED) is 0.499. The number of carbonyl (C=O) groups excluding carboxylic acids is 2. The van der Waals surface area contributed by atoms with Crippen LogP contribution in [-0.2, 0) is 29.1 Å². The average molecular weight is 524 g/mol. The molecule has 1 aromatic heterocycles. The number of ether oxygens (including phenoxy) is 2. The summed E-state index contributed by atoms with van der Waals surface area (Å²) in [5, 5.41) is 11.8. The Bertz CT molecular complexity index is 1500. The molecule has 8 nitrogen and oxygen atoms in total. The molecule has 2 heterocycles. The number of aromatic nitrogens is 1. The molecule has 1 N–H and O–H groups in total. The lowest BCUT2D eigenvalue weighted by Crippen LogP contribution is -2.52. The highest BCUT2D eigenvalue weighted by molar-refractivity contribution is 7.90. The summed E-state index contributed by atoms with van der Waals surface area (Å²) in [5.74, 6) is -1.92. The van der Waals surface area contributed by atoms with E-state index < -0.39 is 33.6 Å². The molecule has 0 amide bonds. The summed E-state index contributed by atoms with van der Waals surface area (Å²) in [5.41, 5.74) is 0.536. The van der Waals surface area contributed by atoms with Gasteiger partial charge in [0, 0.05) is 23.9 Å². The molecule has 0 saturated heterocycles. The first kappa shape index (κ1) is 25.2. The molecule has 5 rings (SSSR count). The van der Waals surface area contributed by atoms with E-state index in [0.29, 0.717) is 35.7 Å². The Hall–Kier alpha value is -3.43. The van der Waals surface area contributed by atoms with Gasteiger partial charge in [0.1, 0.15) is 11.2 Å². The molecule has 194 valence electrons. The van der Waals surface area contributed by atoms with E-state index in [4.69, 9.17) is 9.47 Å². The number of ketones is 1. The molecule has 2 aliphatic rings. The van der Waals surface area contributed by atoms with Crippen LogP contribution in [0.4, 0.5) is 0 Å². The van der Waals surface area contributed by atoms with Crippen molar-refractivity contribution in [3.8, 4) is 0 Å². The number of allylic oxidation sites excluding steroid dienone is 1. The fourth-order valence-electron chi connectivity index (χ4n) is 5.52. The third kappa shape index (κ3) is 4.06. The lowest BCUT2D eigenvalue weighted by molar-refractivity contribution is -0.192. The number of aryl methyl sites for hydroxylation is 1. The van der Waals surface area contributed by atoms with Crippen LogP contribution in [0.5, 0.6) is 0 Å². The van der Waals surface area contributed by atoms with E-state index in [0.717, 1.165) is 5.56 Å². The van der Waals surface area contributed by atoms with Crippen LogP contribution < -0.4 is 0 Å². The van der Waals surface area contributed by atoms with Crippen LogP contribution in [0.2, 0.25) is 0 Å². The van der Waals surface area contributed by atoms with Crippen molar-refractivity contribution < 1.29 is 32.6 Å². The molecular formula is C28H29NO7S. The summed E-state index contributed by atoms with van der Waals surface area (Å²) in [7, 11) is -3.98. The van der Waals surface area contributed by atoms with Gasteiger partial charge in [0.15, 0.2) is 0 Å². The summed E-state index contributed by atoms with van der Waals surface area (Å²) < 4.78 is 39.4. The van der Waals surface area contributed by atoms with Crippen LogP contribution in [0.25, 0.3) is 10.9 Å². The van der Waals surface area contributed by atoms with Crippen molar-refractivity contribution in [1.82, 2.24) is 3.97 Å². The molecule has 3 aromatic rings. The van der Waals surface area contributed by atoms with Gasteiger partial charge in [-0.05, 0) is 56.5 Å². The highest BCUT2D eigenvalue weighted by atomic mass is 32.2. The third-order valence-corrected chi connectivity index (χ3v) is 9.10. The van der Waals surface area contributed by atoms with Crippen LogP contribution in [-0.4, -0.2) is 42.1 Å². The van der Waals surface area contributed by atoms with Crippen molar-refractivity contribution >= 4 is 32.7 Å². The predicted octanol–water partition coefficient (Wildman–Crippen LogP) is 4.20. The van der Waals surface area contributed by atoms with Gasteiger partial charge in [0.2, 0.25) is 12.0 Å². The van der Waals surface area contributed by atoms with Crippen LogP contribution in [0.3, 0.4) is 0 Å². The molecular weight excluding hydrogens is 494 g/mol. The number of aliphatic hydroxyl groups is 1. The standard InChI is InChI=1S/C28H29NO7S/c1-3-35-26(31)24-16-22(28(27(32)36-24)15-7-6-10-25(28)30)21-17-29(23-9-5-4-8-20(21)23)37(33,34)19-13-11-18(2)12-14-19/h4-5,8-9,11-14,16-17,22,27,32H,3,6-7,10,15H2,1-2H3/t22-,27?,28+/m1/s1. The van der Waals surface area contributed by atoms with Gasteiger partial charge >= 0.3 is 5.97 Å². The Morgan fingerprint density at radius 2 is 1.89 bits per heavy atom. The van der Waals surface area contributed by atoms with Gasteiger partial charge in [-0.1, -0.05) is 42.3 Å². The van der Waals surface area contributed by atoms with E-state index in [1.165, 1.54) is 16.2 Å². The first-order valence-corrected chi connectivity index (χ1v) is 13.8. The Labute approximate surface area is 215 Å². The van der Waals surface area contributed by atoms with Crippen molar-refractivity contribution in [2.45, 2.75) is 56.6 Å². The first-order chi connectivity index (χ1) is 17.7. The summed E-state index contributed by atoms with van der Waals surface area (Å²) in [4.78, 5) is 26.2. The predicted molar refractivity (Wildman–Crippen MR) is 136 cm³/mol. The Morgan fingerprint density at radius 3 is 2.59 bits per heavy atom.